The first-order valence-corrected chi connectivity index (χ1v) is 17.1. The first kappa shape index (κ1) is 34.4. The predicted octanol–water partition coefficient (Wildman–Crippen LogP) is 2.68. The van der Waals surface area contributed by atoms with Crippen LogP contribution in [0.15, 0.2) is 60.7 Å². The number of aryl methyl sites for hydroxylation is 1. The van der Waals surface area contributed by atoms with Gasteiger partial charge in [0, 0.05) is 41.4 Å². The van der Waals surface area contributed by atoms with Crippen LogP contribution < -0.4 is 27.0 Å². The summed E-state index contributed by atoms with van der Waals surface area (Å²) >= 11 is 0. The fourth-order valence-corrected chi connectivity index (χ4v) is 6.57. The summed E-state index contributed by atoms with van der Waals surface area (Å²) in [6.07, 6.45) is 4.98. The maximum atomic E-state index is 13.7. The van der Waals surface area contributed by atoms with E-state index in [1.807, 2.05) is 37.3 Å². The van der Waals surface area contributed by atoms with Gasteiger partial charge < -0.3 is 27.0 Å². The number of tetrazole rings is 1. The fraction of sp³-hybridized carbons (Fsp3) is 0.389. The topological polar surface area (TPSA) is 210 Å². The van der Waals surface area contributed by atoms with Gasteiger partial charge in [0.25, 0.3) is 5.91 Å². The SMILES string of the molecule is Cc1nc(C(=O)N[C@H]2CCCNC2=O)ccc1-c1ccc(C[C@H](NC(=O)C2CCC(CN)CC2)C(=O)Nc2ccc(-c3nn[nH]n3)cc2)cc1. The second kappa shape index (κ2) is 15.8. The Bertz CT molecular complexity index is 1800. The number of amides is 4. The van der Waals surface area contributed by atoms with E-state index < -0.39 is 18.0 Å². The minimum Gasteiger partial charge on any atom is -0.354 e. The molecule has 2 atom stereocenters. The van der Waals surface area contributed by atoms with Gasteiger partial charge in [-0.15, -0.1) is 10.2 Å². The number of aromatic nitrogens is 5. The number of pyridine rings is 1. The summed E-state index contributed by atoms with van der Waals surface area (Å²) in [4.78, 5) is 56.5. The lowest BCUT2D eigenvalue weighted by molar-refractivity contribution is -0.130. The van der Waals surface area contributed by atoms with Gasteiger partial charge in [0.2, 0.25) is 23.5 Å². The maximum Gasteiger partial charge on any atom is 0.270 e. The van der Waals surface area contributed by atoms with Crippen LogP contribution in [0.2, 0.25) is 0 Å². The zero-order valence-corrected chi connectivity index (χ0v) is 27.9. The monoisotopic (exact) mass is 678 g/mol. The van der Waals surface area contributed by atoms with Crippen LogP contribution in [0, 0.1) is 18.8 Å². The van der Waals surface area contributed by atoms with E-state index in [9.17, 15) is 19.2 Å². The largest absolute Gasteiger partial charge is 0.354 e. The quantitative estimate of drug-likeness (QED) is 0.138. The zero-order chi connectivity index (χ0) is 35.0. The maximum absolute atomic E-state index is 13.7. The molecule has 50 heavy (non-hydrogen) atoms. The smallest absolute Gasteiger partial charge is 0.270 e. The number of hydrogen-bond acceptors (Lipinski definition) is 9. The third-order valence-corrected chi connectivity index (χ3v) is 9.55. The summed E-state index contributed by atoms with van der Waals surface area (Å²) in [5, 5.41) is 25.5. The van der Waals surface area contributed by atoms with Gasteiger partial charge in [-0.2, -0.15) is 5.21 Å². The number of nitrogens with one attached hydrogen (secondary N) is 5. The van der Waals surface area contributed by atoms with E-state index in [-0.39, 0.29) is 35.8 Å². The minimum absolute atomic E-state index is 0.125. The fourth-order valence-electron chi connectivity index (χ4n) is 6.57. The van der Waals surface area contributed by atoms with Crippen LogP contribution >= 0.6 is 0 Å². The van der Waals surface area contributed by atoms with Crippen molar-refractivity contribution in [3.8, 4) is 22.5 Å². The molecular weight excluding hydrogens is 636 g/mol. The molecule has 0 spiro atoms. The normalized spacial score (nSPS) is 19.6. The molecule has 2 aliphatic rings. The molecule has 0 unspecified atom stereocenters. The van der Waals surface area contributed by atoms with Gasteiger partial charge in [-0.3, -0.25) is 19.2 Å². The Balaban J connectivity index is 1.14. The van der Waals surface area contributed by atoms with Crippen LogP contribution in [0.5, 0.6) is 0 Å². The number of rotatable bonds is 11. The number of anilines is 1. The van der Waals surface area contributed by atoms with Gasteiger partial charge in [-0.05, 0) is 105 Å². The minimum atomic E-state index is -0.815. The van der Waals surface area contributed by atoms with E-state index in [0.29, 0.717) is 42.6 Å². The van der Waals surface area contributed by atoms with Crippen LogP contribution in [0.3, 0.4) is 0 Å². The highest BCUT2D eigenvalue weighted by molar-refractivity contribution is 5.98. The lowest BCUT2D eigenvalue weighted by Gasteiger charge is -2.28. The van der Waals surface area contributed by atoms with Crippen molar-refractivity contribution in [2.24, 2.45) is 17.6 Å². The van der Waals surface area contributed by atoms with Crippen LogP contribution in [-0.2, 0) is 20.8 Å². The first-order valence-electron chi connectivity index (χ1n) is 17.1. The number of aromatic amines is 1. The Morgan fingerprint density at radius 1 is 0.940 bits per heavy atom. The molecule has 6 rings (SSSR count). The average molecular weight is 679 g/mol. The van der Waals surface area contributed by atoms with E-state index in [1.54, 1.807) is 30.3 Å². The molecule has 1 aliphatic heterocycles. The van der Waals surface area contributed by atoms with Crippen molar-refractivity contribution >= 4 is 29.3 Å². The van der Waals surface area contributed by atoms with Gasteiger partial charge in [-0.25, -0.2) is 4.98 Å². The molecule has 0 bridgehead atoms. The number of hydrogen-bond donors (Lipinski definition) is 6. The lowest BCUT2D eigenvalue weighted by Crippen LogP contribution is -2.50. The average Bonchev–Trinajstić information content (AvgIpc) is 3.68. The summed E-state index contributed by atoms with van der Waals surface area (Å²) in [7, 11) is 0. The molecule has 2 aromatic carbocycles. The summed E-state index contributed by atoms with van der Waals surface area (Å²) in [6, 6.07) is 16.9. The number of benzene rings is 2. The van der Waals surface area contributed by atoms with E-state index in [2.05, 4.69) is 46.9 Å². The number of H-pyrrole nitrogens is 1. The molecule has 0 radical (unpaired) electrons. The van der Waals surface area contributed by atoms with Crippen molar-refractivity contribution in [3.05, 3.63) is 77.6 Å². The number of piperidine rings is 1. The van der Waals surface area contributed by atoms with Crippen molar-refractivity contribution in [3.63, 3.8) is 0 Å². The van der Waals surface area contributed by atoms with Gasteiger partial charge in [0.15, 0.2) is 0 Å². The van der Waals surface area contributed by atoms with Gasteiger partial charge in [0.1, 0.15) is 17.8 Å². The Morgan fingerprint density at radius 3 is 2.34 bits per heavy atom. The summed E-state index contributed by atoms with van der Waals surface area (Å²) in [5.41, 5.74) is 10.7. The molecule has 14 nitrogen and oxygen atoms in total. The molecule has 14 heteroatoms. The highest BCUT2D eigenvalue weighted by Crippen LogP contribution is 2.29. The van der Waals surface area contributed by atoms with Crippen molar-refractivity contribution in [2.75, 3.05) is 18.4 Å². The molecule has 3 heterocycles. The molecule has 4 aromatic rings. The van der Waals surface area contributed by atoms with Crippen LogP contribution in [0.25, 0.3) is 22.5 Å². The van der Waals surface area contributed by atoms with E-state index in [1.165, 1.54) is 0 Å². The standard InChI is InChI=1S/C36H42N10O4/c1-21-28(16-17-30(39-21)35(49)41-29-3-2-18-38-34(29)48)24-8-4-22(5-9-24)19-31(42-33(47)26-10-6-23(20-37)7-11-26)36(50)40-27-14-12-25(13-15-27)32-43-45-46-44-32/h4-5,8-9,12-17,23,26,29,31H,2-3,6-7,10-11,18-20,37H2,1H3,(H,38,48)(H,40,50)(H,41,49)(H,42,47)(H,43,44,45,46)/t23?,26?,29-,31-/m0/s1. The van der Waals surface area contributed by atoms with Crippen LogP contribution in [0.1, 0.15) is 60.3 Å². The molecule has 2 fully saturated rings. The summed E-state index contributed by atoms with van der Waals surface area (Å²) < 4.78 is 0. The second-order valence-electron chi connectivity index (χ2n) is 13.0. The molecule has 1 aliphatic carbocycles. The Kier molecular flexibility index (Phi) is 10.9. The molecule has 260 valence electrons. The Labute approximate surface area is 289 Å². The lowest BCUT2D eigenvalue weighted by atomic mass is 9.81. The number of nitrogens with zero attached hydrogens (tertiary/aromatic N) is 4. The summed E-state index contributed by atoms with van der Waals surface area (Å²) in [5.74, 6) is -0.307. The molecule has 7 N–H and O–H groups in total. The van der Waals surface area contributed by atoms with E-state index in [0.717, 1.165) is 54.4 Å². The Morgan fingerprint density at radius 2 is 1.68 bits per heavy atom. The molecule has 1 saturated heterocycles. The number of carbonyl (C=O) groups excluding carboxylic acids is 4. The second-order valence-corrected chi connectivity index (χ2v) is 13.0. The number of nitrogens with two attached hydrogens (primary N) is 1. The van der Waals surface area contributed by atoms with Crippen molar-refractivity contribution < 1.29 is 19.2 Å². The predicted molar refractivity (Wildman–Crippen MR) is 186 cm³/mol. The summed E-state index contributed by atoms with van der Waals surface area (Å²) in [6.45, 7) is 3.07. The van der Waals surface area contributed by atoms with Gasteiger partial charge >= 0.3 is 0 Å². The molecule has 2 aromatic heterocycles. The van der Waals surface area contributed by atoms with Gasteiger partial charge in [0.05, 0.1) is 0 Å². The molecule has 4 amide bonds. The van der Waals surface area contributed by atoms with Crippen molar-refractivity contribution in [1.82, 2.24) is 41.6 Å². The highest BCUT2D eigenvalue weighted by atomic mass is 16.2. The first-order chi connectivity index (χ1) is 24.3. The van der Waals surface area contributed by atoms with Crippen LogP contribution in [-0.4, -0.2) is 74.4 Å². The number of carbonyl (C=O) groups is 4. The Hall–Kier alpha value is -5.50. The third kappa shape index (κ3) is 8.37. The molecule has 1 saturated carbocycles. The third-order valence-electron chi connectivity index (χ3n) is 9.55. The highest BCUT2D eigenvalue weighted by Gasteiger charge is 2.30. The van der Waals surface area contributed by atoms with E-state index >= 15 is 0 Å². The van der Waals surface area contributed by atoms with Crippen LogP contribution in [0.4, 0.5) is 5.69 Å². The van der Waals surface area contributed by atoms with Crippen molar-refractivity contribution in [2.45, 2.75) is 64.0 Å². The van der Waals surface area contributed by atoms with E-state index in [4.69, 9.17) is 5.73 Å². The van der Waals surface area contributed by atoms with Gasteiger partial charge in [-0.1, -0.05) is 30.3 Å². The zero-order valence-electron chi connectivity index (χ0n) is 27.9. The molecular formula is C36H42N10O4. The van der Waals surface area contributed by atoms with Crippen molar-refractivity contribution in [1.29, 1.82) is 0 Å².